The first-order valence-corrected chi connectivity index (χ1v) is 6.03. The molecule has 2 aromatic heterocycles. The molecule has 0 fully saturated rings. The first kappa shape index (κ1) is 12.7. The number of aryl methyl sites for hydroxylation is 2. The van der Waals surface area contributed by atoms with Gasteiger partial charge in [-0.3, -0.25) is 4.68 Å². The summed E-state index contributed by atoms with van der Waals surface area (Å²) in [4.78, 5) is 0. The average Bonchev–Trinajstić information content (AvgIpc) is 2.93. The summed E-state index contributed by atoms with van der Waals surface area (Å²) >= 11 is 0. The van der Waals surface area contributed by atoms with E-state index in [1.807, 2.05) is 30.8 Å². The Morgan fingerprint density at radius 3 is 2.83 bits per heavy atom. The minimum atomic E-state index is -0.0499. The minimum Gasteiger partial charge on any atom is -0.493 e. The minimum absolute atomic E-state index is 0.0499. The van der Waals surface area contributed by atoms with E-state index in [1.165, 1.54) is 0 Å². The molecule has 1 N–H and O–H groups in total. The molecule has 0 spiro atoms. The summed E-state index contributed by atoms with van der Waals surface area (Å²) in [5.74, 6) is 2.53. The molecule has 2 heterocycles. The van der Waals surface area contributed by atoms with Crippen LogP contribution in [0.5, 0.6) is 5.75 Å². The van der Waals surface area contributed by atoms with E-state index >= 15 is 0 Å². The molecule has 5 heteroatoms. The molecule has 1 unspecified atom stereocenters. The van der Waals surface area contributed by atoms with Crippen molar-refractivity contribution in [1.29, 1.82) is 0 Å². The number of hydrogen-bond donors (Lipinski definition) is 1. The average molecular weight is 249 g/mol. The first-order chi connectivity index (χ1) is 8.67. The number of hydrogen-bond acceptors (Lipinski definition) is 4. The number of nitrogens with zero attached hydrogens (tertiary/aromatic N) is 2. The predicted octanol–water partition coefficient (Wildman–Crippen LogP) is 2.03. The Labute approximate surface area is 107 Å². The number of nitrogens with one attached hydrogen (secondary N) is 1. The molecule has 1 atom stereocenters. The van der Waals surface area contributed by atoms with Crippen molar-refractivity contribution in [3.63, 3.8) is 0 Å². The highest BCUT2D eigenvalue weighted by atomic mass is 16.5. The van der Waals surface area contributed by atoms with Crippen molar-refractivity contribution in [3.05, 3.63) is 35.5 Å². The van der Waals surface area contributed by atoms with Crippen molar-refractivity contribution in [2.45, 2.75) is 19.9 Å². The zero-order valence-corrected chi connectivity index (χ0v) is 11.2. The second-order valence-corrected chi connectivity index (χ2v) is 4.16. The van der Waals surface area contributed by atoms with Crippen molar-refractivity contribution in [2.75, 3.05) is 13.7 Å². The monoisotopic (exact) mass is 249 g/mol. The Hall–Kier alpha value is -1.75. The lowest BCUT2D eigenvalue weighted by Crippen LogP contribution is -2.24. The maximum atomic E-state index is 5.72. The number of methoxy groups -OCH3 is 1. The third kappa shape index (κ3) is 2.26. The van der Waals surface area contributed by atoms with Crippen LogP contribution in [0.25, 0.3) is 0 Å². The second kappa shape index (κ2) is 5.27. The lowest BCUT2D eigenvalue weighted by molar-refractivity contribution is 0.383. The molecule has 0 saturated carbocycles. The molecule has 18 heavy (non-hydrogen) atoms. The van der Waals surface area contributed by atoms with Gasteiger partial charge in [-0.2, -0.15) is 5.10 Å². The van der Waals surface area contributed by atoms with Gasteiger partial charge in [0.25, 0.3) is 0 Å². The predicted molar refractivity (Wildman–Crippen MR) is 68.7 cm³/mol. The second-order valence-electron chi connectivity index (χ2n) is 4.16. The van der Waals surface area contributed by atoms with Crippen molar-refractivity contribution in [1.82, 2.24) is 15.1 Å². The number of rotatable bonds is 5. The Morgan fingerprint density at radius 1 is 1.50 bits per heavy atom. The highest BCUT2D eigenvalue weighted by Gasteiger charge is 2.24. The summed E-state index contributed by atoms with van der Waals surface area (Å²) in [7, 11) is 3.55. The van der Waals surface area contributed by atoms with E-state index in [2.05, 4.69) is 17.3 Å². The molecule has 0 saturated heterocycles. The van der Waals surface area contributed by atoms with E-state index in [1.54, 1.807) is 13.3 Å². The summed E-state index contributed by atoms with van der Waals surface area (Å²) in [5.41, 5.74) is 0.966. The van der Waals surface area contributed by atoms with Gasteiger partial charge in [0.05, 0.1) is 13.3 Å². The van der Waals surface area contributed by atoms with Gasteiger partial charge in [0, 0.05) is 7.05 Å². The quantitative estimate of drug-likeness (QED) is 0.881. The Kier molecular flexibility index (Phi) is 3.72. The van der Waals surface area contributed by atoms with Crippen molar-refractivity contribution >= 4 is 0 Å². The SMILES string of the molecule is CCNC(c1ccc(C)o1)c1c(OC)cnn1C. The normalized spacial score (nSPS) is 12.7. The highest BCUT2D eigenvalue weighted by molar-refractivity contribution is 5.33. The van der Waals surface area contributed by atoms with Gasteiger partial charge in [-0.25, -0.2) is 0 Å². The van der Waals surface area contributed by atoms with Crippen molar-refractivity contribution < 1.29 is 9.15 Å². The molecule has 2 rings (SSSR count). The summed E-state index contributed by atoms with van der Waals surface area (Å²) in [6, 6.07) is 3.89. The van der Waals surface area contributed by atoms with Crippen LogP contribution in [0, 0.1) is 6.92 Å². The van der Waals surface area contributed by atoms with E-state index in [0.29, 0.717) is 0 Å². The van der Waals surface area contributed by atoms with Crippen molar-refractivity contribution in [2.24, 2.45) is 7.05 Å². The van der Waals surface area contributed by atoms with Gasteiger partial charge in [0.15, 0.2) is 5.75 Å². The fraction of sp³-hybridized carbons (Fsp3) is 0.462. The summed E-state index contributed by atoms with van der Waals surface area (Å²) in [6.07, 6.45) is 1.72. The molecule has 0 aromatic carbocycles. The van der Waals surface area contributed by atoms with Crippen LogP contribution in [0.4, 0.5) is 0 Å². The fourth-order valence-corrected chi connectivity index (χ4v) is 2.06. The molecule has 98 valence electrons. The summed E-state index contributed by atoms with van der Waals surface area (Å²) < 4.78 is 12.9. The van der Waals surface area contributed by atoms with Gasteiger partial charge >= 0.3 is 0 Å². The molecular formula is C13H19N3O2. The van der Waals surface area contributed by atoms with E-state index in [9.17, 15) is 0 Å². The lowest BCUT2D eigenvalue weighted by atomic mass is 10.1. The molecular weight excluding hydrogens is 230 g/mol. The number of aromatic nitrogens is 2. The van der Waals surface area contributed by atoms with Crippen LogP contribution in [0.2, 0.25) is 0 Å². The zero-order valence-electron chi connectivity index (χ0n) is 11.2. The van der Waals surface area contributed by atoms with Crippen LogP contribution in [-0.2, 0) is 7.05 Å². The van der Waals surface area contributed by atoms with Crippen LogP contribution in [0.3, 0.4) is 0 Å². The molecule has 0 amide bonds. The van der Waals surface area contributed by atoms with Crippen LogP contribution >= 0.6 is 0 Å². The van der Waals surface area contributed by atoms with Gasteiger partial charge in [0.2, 0.25) is 0 Å². The lowest BCUT2D eigenvalue weighted by Gasteiger charge is -2.17. The molecule has 2 aromatic rings. The fourth-order valence-electron chi connectivity index (χ4n) is 2.06. The van der Waals surface area contributed by atoms with Gasteiger partial charge in [-0.15, -0.1) is 0 Å². The molecule has 0 aliphatic carbocycles. The topological polar surface area (TPSA) is 52.2 Å². The zero-order chi connectivity index (χ0) is 13.1. The molecule has 0 bridgehead atoms. The molecule has 0 aliphatic heterocycles. The van der Waals surface area contributed by atoms with Gasteiger partial charge < -0.3 is 14.5 Å². The maximum Gasteiger partial charge on any atom is 0.162 e. The van der Waals surface area contributed by atoms with Crippen LogP contribution < -0.4 is 10.1 Å². The Balaban J connectivity index is 2.43. The van der Waals surface area contributed by atoms with Gasteiger partial charge in [-0.05, 0) is 25.6 Å². The smallest absolute Gasteiger partial charge is 0.162 e. The third-order valence-electron chi connectivity index (χ3n) is 2.90. The highest BCUT2D eigenvalue weighted by Crippen LogP contribution is 2.30. The van der Waals surface area contributed by atoms with Crippen LogP contribution in [0.15, 0.2) is 22.7 Å². The standard InChI is InChI=1S/C13H19N3O2/c1-5-14-12(10-7-6-9(2)18-10)13-11(17-4)8-15-16(13)3/h6-8,12,14H,5H2,1-4H3. The largest absolute Gasteiger partial charge is 0.493 e. The Morgan fingerprint density at radius 2 is 2.28 bits per heavy atom. The Bertz CT molecular complexity index is 516. The first-order valence-electron chi connectivity index (χ1n) is 6.03. The number of ether oxygens (including phenoxy) is 1. The van der Waals surface area contributed by atoms with Gasteiger partial charge in [-0.1, -0.05) is 6.92 Å². The van der Waals surface area contributed by atoms with E-state index in [4.69, 9.17) is 9.15 Å². The number of furan rings is 1. The molecule has 0 aliphatic rings. The molecule has 0 radical (unpaired) electrons. The van der Waals surface area contributed by atoms with Crippen LogP contribution in [0.1, 0.15) is 30.2 Å². The van der Waals surface area contributed by atoms with E-state index in [0.717, 1.165) is 29.5 Å². The summed E-state index contributed by atoms with van der Waals surface area (Å²) in [5, 5.41) is 7.63. The molecule has 5 nitrogen and oxygen atoms in total. The van der Waals surface area contributed by atoms with Crippen molar-refractivity contribution in [3.8, 4) is 5.75 Å². The summed E-state index contributed by atoms with van der Waals surface area (Å²) in [6.45, 7) is 4.83. The van der Waals surface area contributed by atoms with Crippen LogP contribution in [-0.4, -0.2) is 23.4 Å². The van der Waals surface area contributed by atoms with E-state index < -0.39 is 0 Å². The van der Waals surface area contributed by atoms with E-state index in [-0.39, 0.29) is 6.04 Å². The maximum absolute atomic E-state index is 5.72. The van der Waals surface area contributed by atoms with Gasteiger partial charge in [0.1, 0.15) is 23.3 Å². The third-order valence-corrected chi connectivity index (χ3v) is 2.90.